The van der Waals surface area contributed by atoms with Crippen LogP contribution in [-0.4, -0.2) is 15.7 Å². The standard InChI is InChI=1S/C21H23N3O2/c1-15-7-8-20(16(2)11-15)26-14-17-5-4-6-18(12-17)21(25)22-13-19-9-10-24(3)23-19/h4-12H,13-14H2,1-3H3,(H,22,25). The SMILES string of the molecule is Cc1ccc(OCc2cccc(C(=O)NCc3ccn(C)n3)c2)c(C)c1. The lowest BCUT2D eigenvalue weighted by Crippen LogP contribution is -2.23. The van der Waals surface area contributed by atoms with Gasteiger partial charge >= 0.3 is 0 Å². The number of rotatable bonds is 6. The summed E-state index contributed by atoms with van der Waals surface area (Å²) < 4.78 is 7.61. The summed E-state index contributed by atoms with van der Waals surface area (Å²) in [5.74, 6) is 0.740. The van der Waals surface area contributed by atoms with Gasteiger partial charge < -0.3 is 10.1 Å². The van der Waals surface area contributed by atoms with Crippen LogP contribution in [0.15, 0.2) is 54.7 Å². The van der Waals surface area contributed by atoms with Crippen LogP contribution in [0.5, 0.6) is 5.75 Å². The highest BCUT2D eigenvalue weighted by molar-refractivity contribution is 5.94. The van der Waals surface area contributed by atoms with Crippen LogP contribution in [0.1, 0.15) is 32.7 Å². The summed E-state index contributed by atoms with van der Waals surface area (Å²) in [6.45, 7) is 4.92. The van der Waals surface area contributed by atoms with E-state index >= 15 is 0 Å². The van der Waals surface area contributed by atoms with Crippen LogP contribution >= 0.6 is 0 Å². The lowest BCUT2D eigenvalue weighted by Gasteiger charge is -2.11. The van der Waals surface area contributed by atoms with Gasteiger partial charge in [-0.15, -0.1) is 0 Å². The lowest BCUT2D eigenvalue weighted by molar-refractivity contribution is 0.0950. The molecule has 0 saturated heterocycles. The quantitative estimate of drug-likeness (QED) is 0.740. The monoisotopic (exact) mass is 349 g/mol. The van der Waals surface area contributed by atoms with E-state index in [4.69, 9.17) is 4.74 Å². The van der Waals surface area contributed by atoms with Crippen molar-refractivity contribution in [3.8, 4) is 5.75 Å². The molecule has 0 spiro atoms. The maximum Gasteiger partial charge on any atom is 0.251 e. The van der Waals surface area contributed by atoms with E-state index in [1.54, 1.807) is 10.7 Å². The van der Waals surface area contributed by atoms with Crippen molar-refractivity contribution >= 4 is 5.91 Å². The van der Waals surface area contributed by atoms with Crippen molar-refractivity contribution in [2.75, 3.05) is 0 Å². The minimum atomic E-state index is -0.121. The Bertz CT molecular complexity index is 915. The maximum atomic E-state index is 12.4. The van der Waals surface area contributed by atoms with Crippen molar-refractivity contribution in [2.24, 2.45) is 7.05 Å². The third kappa shape index (κ3) is 4.51. The van der Waals surface area contributed by atoms with Gasteiger partial charge in [0.05, 0.1) is 12.2 Å². The molecular weight excluding hydrogens is 326 g/mol. The Morgan fingerprint density at radius 1 is 1.15 bits per heavy atom. The second kappa shape index (κ2) is 7.87. The molecule has 0 aliphatic heterocycles. The molecule has 26 heavy (non-hydrogen) atoms. The molecule has 0 unspecified atom stereocenters. The number of carbonyl (C=O) groups is 1. The summed E-state index contributed by atoms with van der Waals surface area (Å²) in [4.78, 5) is 12.4. The highest BCUT2D eigenvalue weighted by atomic mass is 16.5. The van der Waals surface area contributed by atoms with Crippen LogP contribution in [0.25, 0.3) is 0 Å². The van der Waals surface area contributed by atoms with Crippen LogP contribution in [0, 0.1) is 13.8 Å². The Morgan fingerprint density at radius 2 is 2.00 bits per heavy atom. The predicted molar refractivity (Wildman–Crippen MR) is 101 cm³/mol. The first-order chi connectivity index (χ1) is 12.5. The molecule has 0 radical (unpaired) electrons. The molecule has 1 aromatic heterocycles. The average Bonchev–Trinajstić information content (AvgIpc) is 3.04. The molecule has 5 heteroatoms. The Balaban J connectivity index is 1.61. The van der Waals surface area contributed by atoms with Gasteiger partial charge in [0.2, 0.25) is 0 Å². The molecule has 1 heterocycles. The van der Waals surface area contributed by atoms with Crippen LogP contribution in [-0.2, 0) is 20.2 Å². The first-order valence-corrected chi connectivity index (χ1v) is 8.57. The van der Waals surface area contributed by atoms with Crippen LogP contribution in [0.4, 0.5) is 0 Å². The maximum absolute atomic E-state index is 12.4. The largest absolute Gasteiger partial charge is 0.489 e. The van der Waals surface area contributed by atoms with Crippen molar-refractivity contribution in [1.82, 2.24) is 15.1 Å². The Kier molecular flexibility index (Phi) is 5.37. The van der Waals surface area contributed by atoms with Crippen molar-refractivity contribution < 1.29 is 9.53 Å². The lowest BCUT2D eigenvalue weighted by atomic mass is 10.1. The van der Waals surface area contributed by atoms with E-state index in [0.717, 1.165) is 22.6 Å². The zero-order valence-corrected chi connectivity index (χ0v) is 15.3. The smallest absolute Gasteiger partial charge is 0.251 e. The summed E-state index contributed by atoms with van der Waals surface area (Å²) >= 11 is 0. The fraction of sp³-hybridized carbons (Fsp3) is 0.238. The summed E-state index contributed by atoms with van der Waals surface area (Å²) in [5, 5.41) is 7.14. The summed E-state index contributed by atoms with van der Waals surface area (Å²) in [5.41, 5.74) is 4.71. The van der Waals surface area contributed by atoms with Gasteiger partial charge in [0.25, 0.3) is 5.91 Å². The number of nitrogens with one attached hydrogen (secondary N) is 1. The molecule has 3 rings (SSSR count). The zero-order chi connectivity index (χ0) is 18.5. The minimum Gasteiger partial charge on any atom is -0.489 e. The van der Waals surface area contributed by atoms with Crippen LogP contribution in [0.2, 0.25) is 0 Å². The number of nitrogens with zero attached hydrogens (tertiary/aromatic N) is 2. The third-order valence-corrected chi connectivity index (χ3v) is 4.11. The molecule has 134 valence electrons. The van der Waals surface area contributed by atoms with E-state index in [-0.39, 0.29) is 5.91 Å². The molecule has 1 N–H and O–H groups in total. The molecule has 0 saturated carbocycles. The topological polar surface area (TPSA) is 56.1 Å². The van der Waals surface area contributed by atoms with Crippen molar-refractivity contribution in [3.05, 3.63) is 82.7 Å². The van der Waals surface area contributed by atoms with Gasteiger partial charge in [0.1, 0.15) is 12.4 Å². The first-order valence-electron chi connectivity index (χ1n) is 8.57. The van der Waals surface area contributed by atoms with E-state index in [0.29, 0.717) is 18.7 Å². The molecule has 0 bridgehead atoms. The molecule has 0 aliphatic carbocycles. The van der Waals surface area contributed by atoms with Crippen LogP contribution in [0.3, 0.4) is 0 Å². The van der Waals surface area contributed by atoms with Crippen molar-refractivity contribution in [1.29, 1.82) is 0 Å². The fourth-order valence-electron chi connectivity index (χ4n) is 2.76. The summed E-state index contributed by atoms with van der Waals surface area (Å²) in [7, 11) is 1.85. The van der Waals surface area contributed by atoms with E-state index in [2.05, 4.69) is 23.4 Å². The molecule has 0 aliphatic rings. The highest BCUT2D eigenvalue weighted by Crippen LogP contribution is 2.20. The number of hydrogen-bond donors (Lipinski definition) is 1. The van der Waals surface area contributed by atoms with Crippen molar-refractivity contribution in [2.45, 2.75) is 27.0 Å². The number of ether oxygens (including phenoxy) is 1. The average molecular weight is 349 g/mol. The Hall–Kier alpha value is -3.08. The van der Waals surface area contributed by atoms with Gasteiger partial charge in [0.15, 0.2) is 0 Å². The molecule has 0 fully saturated rings. The third-order valence-electron chi connectivity index (χ3n) is 4.11. The van der Waals surface area contributed by atoms with E-state index < -0.39 is 0 Å². The normalized spacial score (nSPS) is 10.6. The number of benzene rings is 2. The van der Waals surface area contributed by atoms with Crippen molar-refractivity contribution in [3.63, 3.8) is 0 Å². The van der Waals surface area contributed by atoms with Crippen LogP contribution < -0.4 is 10.1 Å². The van der Waals surface area contributed by atoms with E-state index in [9.17, 15) is 4.79 Å². The second-order valence-electron chi connectivity index (χ2n) is 6.42. The fourth-order valence-corrected chi connectivity index (χ4v) is 2.76. The number of amides is 1. The van der Waals surface area contributed by atoms with Gasteiger partial charge in [-0.2, -0.15) is 5.10 Å². The number of hydrogen-bond acceptors (Lipinski definition) is 3. The Labute approximate surface area is 153 Å². The van der Waals surface area contributed by atoms with Gasteiger partial charge in [-0.05, 0) is 49.2 Å². The molecule has 1 amide bonds. The first kappa shape index (κ1) is 17.7. The minimum absolute atomic E-state index is 0.121. The number of carbonyl (C=O) groups excluding carboxylic acids is 1. The van der Waals surface area contributed by atoms with Gasteiger partial charge in [0, 0.05) is 18.8 Å². The molecule has 0 atom stereocenters. The van der Waals surface area contributed by atoms with Gasteiger partial charge in [-0.25, -0.2) is 0 Å². The molecule has 5 nitrogen and oxygen atoms in total. The van der Waals surface area contributed by atoms with Gasteiger partial charge in [-0.1, -0.05) is 29.8 Å². The molecule has 2 aromatic carbocycles. The van der Waals surface area contributed by atoms with E-state index in [1.165, 1.54) is 5.56 Å². The van der Waals surface area contributed by atoms with Gasteiger partial charge in [-0.3, -0.25) is 9.48 Å². The summed E-state index contributed by atoms with van der Waals surface area (Å²) in [6, 6.07) is 15.5. The highest BCUT2D eigenvalue weighted by Gasteiger charge is 2.08. The molecular formula is C21H23N3O2. The summed E-state index contributed by atoms with van der Waals surface area (Å²) in [6.07, 6.45) is 1.85. The Morgan fingerprint density at radius 3 is 2.73 bits per heavy atom. The number of aryl methyl sites for hydroxylation is 3. The second-order valence-corrected chi connectivity index (χ2v) is 6.42. The zero-order valence-electron chi connectivity index (χ0n) is 15.3. The van der Waals surface area contributed by atoms with E-state index in [1.807, 2.05) is 56.6 Å². The number of aromatic nitrogens is 2. The predicted octanol–water partition coefficient (Wildman–Crippen LogP) is 3.55. The molecule has 3 aromatic rings.